The van der Waals surface area contributed by atoms with E-state index in [4.69, 9.17) is 16.3 Å². The molecule has 24 heavy (non-hydrogen) atoms. The van der Waals surface area contributed by atoms with Gasteiger partial charge in [-0.2, -0.15) is 0 Å². The van der Waals surface area contributed by atoms with Crippen LogP contribution in [0.15, 0.2) is 48.7 Å². The molecule has 1 aromatic carbocycles. The minimum absolute atomic E-state index is 0.0937. The number of ether oxygens (including phenoxy) is 1. The van der Waals surface area contributed by atoms with Gasteiger partial charge in [-0.25, -0.2) is 9.78 Å². The summed E-state index contributed by atoms with van der Waals surface area (Å²) in [6.07, 6.45) is 0.697. The summed E-state index contributed by atoms with van der Waals surface area (Å²) in [6.45, 7) is 0. The van der Waals surface area contributed by atoms with Crippen molar-refractivity contribution in [2.45, 2.75) is 18.6 Å². The molecule has 1 aromatic heterocycles. The molecule has 0 radical (unpaired) electrons. The Morgan fingerprint density at radius 1 is 1.25 bits per heavy atom. The van der Waals surface area contributed by atoms with E-state index >= 15 is 0 Å². The Balaban J connectivity index is 2.10. The Labute approximate surface area is 144 Å². The molecule has 0 saturated heterocycles. The largest absolute Gasteiger partial charge is 0.480 e. The summed E-state index contributed by atoms with van der Waals surface area (Å²) in [5, 5.41) is 12.2. The molecular weight excluding hydrogens is 332 g/mol. The topological polar surface area (TPSA) is 88.5 Å². The number of carboxylic acids is 1. The van der Waals surface area contributed by atoms with Gasteiger partial charge in [-0.3, -0.25) is 4.79 Å². The average Bonchev–Trinajstić information content (AvgIpc) is 2.57. The van der Waals surface area contributed by atoms with Crippen LogP contribution in [0.25, 0.3) is 0 Å². The molecule has 0 bridgehead atoms. The van der Waals surface area contributed by atoms with Crippen LogP contribution in [-0.4, -0.2) is 35.1 Å². The Morgan fingerprint density at radius 3 is 2.50 bits per heavy atom. The van der Waals surface area contributed by atoms with Crippen LogP contribution >= 0.6 is 11.6 Å². The second-order valence-corrected chi connectivity index (χ2v) is 5.51. The fourth-order valence-electron chi connectivity index (χ4n) is 2.23. The molecule has 2 aromatic rings. The number of carboxylic acid groups (broad SMARTS) is 1. The standard InChI is InChI=1S/C17H17ClN2O4/c1-24-15(12-5-3-2-4-6-12)16(21)20-13(17(22)23)9-11-7-8-14(18)19-10-11/h2-8,10,13,15H,9H2,1H3,(H,20,21)(H,22,23)/t13-,15+/m1/s1. The molecule has 1 amide bonds. The molecule has 0 spiro atoms. The van der Waals surface area contributed by atoms with Crippen LogP contribution in [0, 0.1) is 0 Å². The number of halogens is 1. The summed E-state index contributed by atoms with van der Waals surface area (Å²) in [5.74, 6) is -1.65. The third-order valence-corrected chi connectivity index (χ3v) is 3.64. The predicted molar refractivity (Wildman–Crippen MR) is 88.7 cm³/mol. The van der Waals surface area contributed by atoms with Crippen molar-refractivity contribution in [2.24, 2.45) is 0 Å². The highest BCUT2D eigenvalue weighted by Crippen LogP contribution is 2.17. The van der Waals surface area contributed by atoms with Crippen molar-refractivity contribution < 1.29 is 19.4 Å². The van der Waals surface area contributed by atoms with Crippen LogP contribution in [0.5, 0.6) is 0 Å². The van der Waals surface area contributed by atoms with Crippen LogP contribution in [0.3, 0.4) is 0 Å². The molecule has 6 nitrogen and oxygen atoms in total. The number of methoxy groups -OCH3 is 1. The predicted octanol–water partition coefficient (Wildman–Crippen LogP) is 2.23. The van der Waals surface area contributed by atoms with Gasteiger partial charge in [0.2, 0.25) is 0 Å². The maximum absolute atomic E-state index is 12.4. The molecule has 0 fully saturated rings. The molecule has 0 saturated carbocycles. The fraction of sp³-hybridized carbons (Fsp3) is 0.235. The van der Waals surface area contributed by atoms with Crippen molar-refractivity contribution in [1.29, 1.82) is 0 Å². The molecule has 0 unspecified atom stereocenters. The van der Waals surface area contributed by atoms with Gasteiger partial charge in [-0.1, -0.05) is 48.0 Å². The molecule has 2 atom stereocenters. The van der Waals surface area contributed by atoms with Gasteiger partial charge in [0.15, 0.2) is 6.10 Å². The highest BCUT2D eigenvalue weighted by molar-refractivity contribution is 6.29. The quantitative estimate of drug-likeness (QED) is 0.749. The number of hydrogen-bond donors (Lipinski definition) is 2. The van der Waals surface area contributed by atoms with Crippen LogP contribution in [0.1, 0.15) is 17.2 Å². The lowest BCUT2D eigenvalue weighted by Crippen LogP contribution is -2.44. The van der Waals surface area contributed by atoms with Crippen LogP contribution < -0.4 is 5.32 Å². The molecule has 7 heteroatoms. The molecule has 2 rings (SSSR count). The van der Waals surface area contributed by atoms with E-state index in [2.05, 4.69) is 10.3 Å². The third kappa shape index (κ3) is 4.78. The van der Waals surface area contributed by atoms with Crippen LogP contribution in [0.2, 0.25) is 5.15 Å². The number of carbonyl (C=O) groups excluding carboxylic acids is 1. The van der Waals surface area contributed by atoms with Crippen LogP contribution in [-0.2, 0) is 20.7 Å². The second kappa shape index (κ2) is 8.42. The number of carbonyl (C=O) groups is 2. The Kier molecular flexibility index (Phi) is 6.28. The first-order chi connectivity index (χ1) is 11.5. The first kappa shape index (κ1) is 17.9. The molecule has 0 aliphatic rings. The number of pyridine rings is 1. The number of amides is 1. The number of aliphatic carboxylic acids is 1. The summed E-state index contributed by atoms with van der Waals surface area (Å²) >= 11 is 5.71. The maximum atomic E-state index is 12.4. The molecular formula is C17H17ClN2O4. The summed E-state index contributed by atoms with van der Waals surface area (Å²) in [7, 11) is 1.40. The van der Waals surface area contributed by atoms with Crippen molar-refractivity contribution in [3.8, 4) is 0 Å². The molecule has 0 aliphatic carbocycles. The molecule has 0 aliphatic heterocycles. The minimum Gasteiger partial charge on any atom is -0.480 e. The monoisotopic (exact) mass is 348 g/mol. The van der Waals surface area contributed by atoms with Gasteiger partial charge in [-0.15, -0.1) is 0 Å². The van der Waals surface area contributed by atoms with Crippen molar-refractivity contribution in [3.05, 3.63) is 64.9 Å². The lowest BCUT2D eigenvalue weighted by atomic mass is 10.1. The van der Waals surface area contributed by atoms with Crippen molar-refractivity contribution in [3.63, 3.8) is 0 Å². The Hall–Kier alpha value is -2.44. The lowest BCUT2D eigenvalue weighted by Gasteiger charge is -2.19. The summed E-state index contributed by atoms with van der Waals surface area (Å²) in [6, 6.07) is 11.0. The van der Waals surface area contributed by atoms with E-state index in [1.807, 2.05) is 6.07 Å². The van der Waals surface area contributed by atoms with E-state index in [0.717, 1.165) is 0 Å². The molecule has 1 heterocycles. The van der Waals surface area contributed by atoms with Gasteiger partial charge < -0.3 is 15.2 Å². The van der Waals surface area contributed by atoms with E-state index < -0.39 is 24.0 Å². The van der Waals surface area contributed by atoms with E-state index in [0.29, 0.717) is 16.3 Å². The Bertz CT molecular complexity index is 691. The van der Waals surface area contributed by atoms with E-state index in [-0.39, 0.29) is 6.42 Å². The first-order valence-electron chi connectivity index (χ1n) is 7.22. The van der Waals surface area contributed by atoms with Gasteiger partial charge in [0.1, 0.15) is 11.2 Å². The van der Waals surface area contributed by atoms with Gasteiger partial charge in [0.05, 0.1) is 0 Å². The highest BCUT2D eigenvalue weighted by atomic mass is 35.5. The SMILES string of the molecule is CO[C@H](C(=O)N[C@H](Cc1ccc(Cl)nc1)C(=O)O)c1ccccc1. The average molecular weight is 349 g/mol. The number of benzene rings is 1. The highest BCUT2D eigenvalue weighted by Gasteiger charge is 2.26. The van der Waals surface area contributed by atoms with Gasteiger partial charge in [0, 0.05) is 19.7 Å². The lowest BCUT2D eigenvalue weighted by molar-refractivity contribution is -0.144. The number of hydrogen-bond acceptors (Lipinski definition) is 4. The molecule has 126 valence electrons. The van der Waals surface area contributed by atoms with E-state index in [9.17, 15) is 14.7 Å². The third-order valence-electron chi connectivity index (χ3n) is 3.42. The van der Waals surface area contributed by atoms with E-state index in [1.54, 1.807) is 36.4 Å². The van der Waals surface area contributed by atoms with Crippen LogP contribution in [0.4, 0.5) is 0 Å². The molecule has 2 N–H and O–H groups in total. The smallest absolute Gasteiger partial charge is 0.326 e. The van der Waals surface area contributed by atoms with Crippen molar-refractivity contribution in [1.82, 2.24) is 10.3 Å². The van der Waals surface area contributed by atoms with Gasteiger partial charge in [-0.05, 0) is 17.2 Å². The zero-order valence-electron chi connectivity index (χ0n) is 13.0. The van der Waals surface area contributed by atoms with E-state index in [1.165, 1.54) is 13.3 Å². The second-order valence-electron chi connectivity index (χ2n) is 5.12. The zero-order valence-corrected chi connectivity index (χ0v) is 13.7. The zero-order chi connectivity index (χ0) is 17.5. The Morgan fingerprint density at radius 2 is 1.96 bits per heavy atom. The summed E-state index contributed by atoms with van der Waals surface area (Å²) < 4.78 is 5.21. The normalized spacial score (nSPS) is 13.1. The van der Waals surface area contributed by atoms with Gasteiger partial charge >= 0.3 is 5.97 Å². The number of aromatic nitrogens is 1. The number of nitrogens with zero attached hydrogens (tertiary/aromatic N) is 1. The summed E-state index contributed by atoms with van der Waals surface area (Å²) in [5.41, 5.74) is 1.30. The minimum atomic E-state index is -1.14. The number of rotatable bonds is 7. The summed E-state index contributed by atoms with van der Waals surface area (Å²) in [4.78, 5) is 27.8. The van der Waals surface area contributed by atoms with Crippen molar-refractivity contribution >= 4 is 23.5 Å². The number of nitrogens with one attached hydrogen (secondary N) is 1. The first-order valence-corrected chi connectivity index (χ1v) is 7.60. The van der Waals surface area contributed by atoms with Crippen molar-refractivity contribution in [2.75, 3.05) is 7.11 Å². The van der Waals surface area contributed by atoms with Gasteiger partial charge in [0.25, 0.3) is 5.91 Å². The maximum Gasteiger partial charge on any atom is 0.326 e. The fourth-order valence-corrected chi connectivity index (χ4v) is 2.34.